The number of nitrogens with zero attached hydrogens (tertiary/aromatic N) is 2. The molecular weight excluding hydrogens is 184 g/mol. The first-order chi connectivity index (χ1) is 7.40. The van der Waals surface area contributed by atoms with E-state index in [4.69, 9.17) is 6.72 Å². The van der Waals surface area contributed by atoms with Crippen LogP contribution in [0.15, 0.2) is 47.5 Å². The quantitative estimate of drug-likeness (QED) is 0.528. The molecule has 0 N–H and O–H groups in total. The van der Waals surface area contributed by atoms with Crippen molar-refractivity contribution in [1.82, 2.24) is 5.32 Å². The van der Waals surface area contributed by atoms with Gasteiger partial charge in [-0.2, -0.15) is 0 Å². The van der Waals surface area contributed by atoms with Crippen LogP contribution in [0.2, 0.25) is 0 Å². The van der Waals surface area contributed by atoms with Gasteiger partial charge in [-0.3, -0.25) is 4.99 Å². The minimum Gasteiger partial charge on any atom is -0.253 e. The van der Waals surface area contributed by atoms with Gasteiger partial charge in [0.25, 0.3) is 0 Å². The second kappa shape index (κ2) is 2.95. The van der Waals surface area contributed by atoms with Crippen LogP contribution >= 0.6 is 0 Å². The number of benzene rings is 2. The van der Waals surface area contributed by atoms with Gasteiger partial charge in [0, 0.05) is 17.8 Å². The Kier molecular flexibility index (Phi) is 1.62. The van der Waals surface area contributed by atoms with Crippen LogP contribution in [0.4, 0.5) is 17.1 Å². The third kappa shape index (κ3) is 1.08. The first-order valence-corrected chi connectivity index (χ1v) is 4.75. The SMILES string of the molecule is [CH]=Nc1cccc2c1[N]c1ccccc1-2. The number of para-hydroxylation sites is 2. The highest BCUT2D eigenvalue weighted by molar-refractivity contribution is 5.95. The summed E-state index contributed by atoms with van der Waals surface area (Å²) in [6.07, 6.45) is 0. The molecule has 2 radical (unpaired) electrons. The molecule has 2 aromatic carbocycles. The van der Waals surface area contributed by atoms with Crippen molar-refractivity contribution in [2.75, 3.05) is 0 Å². The third-order valence-electron chi connectivity index (χ3n) is 2.58. The molecule has 1 aliphatic rings. The summed E-state index contributed by atoms with van der Waals surface area (Å²) in [5, 5.41) is 4.51. The fraction of sp³-hybridized carbons (Fsp3) is 0. The molecule has 1 aliphatic heterocycles. The Morgan fingerprint density at radius 1 is 0.933 bits per heavy atom. The van der Waals surface area contributed by atoms with Crippen LogP contribution in [0.1, 0.15) is 0 Å². The Bertz CT molecular complexity index is 544. The molecule has 0 saturated carbocycles. The third-order valence-corrected chi connectivity index (χ3v) is 2.58. The average molecular weight is 192 g/mol. The molecule has 0 bridgehead atoms. The van der Waals surface area contributed by atoms with Crippen molar-refractivity contribution < 1.29 is 0 Å². The van der Waals surface area contributed by atoms with Crippen molar-refractivity contribution in [2.45, 2.75) is 0 Å². The Hall–Kier alpha value is -2.09. The van der Waals surface area contributed by atoms with Gasteiger partial charge in [0.05, 0.1) is 17.1 Å². The molecule has 0 amide bonds. The fourth-order valence-electron chi connectivity index (χ4n) is 1.89. The lowest BCUT2D eigenvalue weighted by molar-refractivity contribution is 1.23. The minimum absolute atomic E-state index is 0.740. The highest BCUT2D eigenvalue weighted by atomic mass is 14.9. The van der Waals surface area contributed by atoms with Gasteiger partial charge in [-0.05, 0) is 12.1 Å². The molecule has 0 aliphatic carbocycles. The molecule has 3 rings (SSSR count). The molecule has 0 saturated heterocycles. The van der Waals surface area contributed by atoms with Crippen molar-refractivity contribution in [3.8, 4) is 11.1 Å². The molecule has 0 aromatic heterocycles. The highest BCUT2D eigenvalue weighted by Gasteiger charge is 2.20. The van der Waals surface area contributed by atoms with Crippen LogP contribution < -0.4 is 5.32 Å². The summed E-state index contributed by atoms with van der Waals surface area (Å²) in [6.45, 7) is 5.32. The van der Waals surface area contributed by atoms with Gasteiger partial charge in [-0.15, -0.1) is 0 Å². The van der Waals surface area contributed by atoms with E-state index < -0.39 is 0 Å². The Labute approximate surface area is 88.3 Å². The molecule has 70 valence electrons. The summed E-state index contributed by atoms with van der Waals surface area (Å²) < 4.78 is 0. The zero-order chi connectivity index (χ0) is 10.3. The lowest BCUT2D eigenvalue weighted by Crippen LogP contribution is -1.81. The van der Waals surface area contributed by atoms with E-state index in [-0.39, 0.29) is 0 Å². The van der Waals surface area contributed by atoms with Crippen molar-refractivity contribution in [1.29, 1.82) is 0 Å². The zero-order valence-electron chi connectivity index (χ0n) is 8.01. The van der Waals surface area contributed by atoms with E-state index in [1.165, 1.54) is 0 Å². The van der Waals surface area contributed by atoms with Crippen molar-refractivity contribution in [3.63, 3.8) is 0 Å². The molecule has 0 spiro atoms. The molecule has 1 heterocycles. The molecule has 0 fully saturated rings. The minimum atomic E-state index is 0.740. The predicted molar refractivity (Wildman–Crippen MR) is 61.5 cm³/mol. The van der Waals surface area contributed by atoms with Crippen LogP contribution in [-0.4, -0.2) is 6.72 Å². The Balaban J connectivity index is 2.30. The molecule has 2 heteroatoms. The van der Waals surface area contributed by atoms with E-state index >= 15 is 0 Å². The van der Waals surface area contributed by atoms with Gasteiger partial charge < -0.3 is 0 Å². The van der Waals surface area contributed by atoms with Crippen molar-refractivity contribution in [3.05, 3.63) is 42.5 Å². The monoisotopic (exact) mass is 192 g/mol. The molecular formula is C13H8N2. The van der Waals surface area contributed by atoms with Gasteiger partial charge in [0.1, 0.15) is 0 Å². The number of fused-ring (bicyclic) bond motifs is 3. The van der Waals surface area contributed by atoms with E-state index in [0.717, 1.165) is 28.2 Å². The van der Waals surface area contributed by atoms with Crippen molar-refractivity contribution in [2.24, 2.45) is 4.99 Å². The van der Waals surface area contributed by atoms with Gasteiger partial charge in [-0.1, -0.05) is 30.3 Å². The zero-order valence-corrected chi connectivity index (χ0v) is 8.01. The second-order valence-corrected chi connectivity index (χ2v) is 3.43. The van der Waals surface area contributed by atoms with Gasteiger partial charge in [0.2, 0.25) is 0 Å². The normalized spacial score (nSPS) is 11.5. The Morgan fingerprint density at radius 2 is 1.73 bits per heavy atom. The van der Waals surface area contributed by atoms with E-state index in [1.807, 2.05) is 36.4 Å². The van der Waals surface area contributed by atoms with Crippen LogP contribution in [0.5, 0.6) is 0 Å². The number of hydrogen-bond acceptors (Lipinski definition) is 1. The van der Waals surface area contributed by atoms with E-state index in [2.05, 4.69) is 16.4 Å². The number of hydrogen-bond donors (Lipinski definition) is 0. The van der Waals surface area contributed by atoms with Gasteiger partial charge in [-0.25, -0.2) is 5.32 Å². The lowest BCUT2D eigenvalue weighted by atomic mass is 10.1. The molecule has 2 nitrogen and oxygen atoms in total. The maximum absolute atomic E-state index is 5.32. The largest absolute Gasteiger partial charge is 0.253 e. The summed E-state index contributed by atoms with van der Waals surface area (Å²) >= 11 is 0. The van der Waals surface area contributed by atoms with E-state index in [0.29, 0.717) is 0 Å². The lowest BCUT2D eigenvalue weighted by Gasteiger charge is -2.00. The summed E-state index contributed by atoms with van der Waals surface area (Å²) in [5.41, 5.74) is 4.86. The summed E-state index contributed by atoms with van der Waals surface area (Å²) in [4.78, 5) is 3.73. The van der Waals surface area contributed by atoms with Gasteiger partial charge >= 0.3 is 0 Å². The van der Waals surface area contributed by atoms with Crippen LogP contribution in [0.3, 0.4) is 0 Å². The maximum Gasteiger partial charge on any atom is 0.0972 e. The highest BCUT2D eigenvalue weighted by Crippen LogP contribution is 2.46. The first-order valence-electron chi connectivity index (χ1n) is 4.75. The molecule has 0 unspecified atom stereocenters. The number of aliphatic imine (C=N–C) groups is 1. The van der Waals surface area contributed by atoms with Crippen LogP contribution in [0, 0.1) is 0 Å². The molecule has 15 heavy (non-hydrogen) atoms. The fourth-order valence-corrected chi connectivity index (χ4v) is 1.89. The van der Waals surface area contributed by atoms with Crippen molar-refractivity contribution >= 4 is 23.8 Å². The van der Waals surface area contributed by atoms with Gasteiger partial charge in [0.15, 0.2) is 0 Å². The van der Waals surface area contributed by atoms with Crippen LogP contribution in [0.25, 0.3) is 11.1 Å². The number of rotatable bonds is 1. The standard InChI is InChI=1S/C13H8N2/c1-14-12-8-4-6-10-9-5-2-3-7-11(9)15-13(10)12/h1-8H. The van der Waals surface area contributed by atoms with E-state index in [1.54, 1.807) is 0 Å². The average Bonchev–Trinajstić information content (AvgIpc) is 2.67. The molecule has 0 atom stereocenters. The summed E-state index contributed by atoms with van der Waals surface area (Å²) in [6, 6.07) is 13.9. The predicted octanol–water partition coefficient (Wildman–Crippen LogP) is 3.44. The summed E-state index contributed by atoms with van der Waals surface area (Å²) in [7, 11) is 0. The maximum atomic E-state index is 5.32. The summed E-state index contributed by atoms with van der Waals surface area (Å²) in [5.74, 6) is 0. The smallest absolute Gasteiger partial charge is 0.0972 e. The molecule has 2 aromatic rings. The topological polar surface area (TPSA) is 26.5 Å². The van der Waals surface area contributed by atoms with E-state index in [9.17, 15) is 0 Å². The van der Waals surface area contributed by atoms with Crippen LogP contribution in [-0.2, 0) is 0 Å². The Morgan fingerprint density at radius 3 is 2.60 bits per heavy atom. The first kappa shape index (κ1) is 8.24. The second-order valence-electron chi connectivity index (χ2n) is 3.43.